The number of imidazole rings is 1. The van der Waals surface area contributed by atoms with Gasteiger partial charge in [-0.3, -0.25) is 0 Å². The molecule has 9 heteroatoms. The second-order valence-electron chi connectivity index (χ2n) is 4.55. The summed E-state index contributed by atoms with van der Waals surface area (Å²) in [5, 5.41) is 13.4. The molecule has 0 aliphatic heterocycles. The number of aromatic nitrogens is 6. The predicted octanol–water partition coefficient (Wildman–Crippen LogP) is 2.89. The van der Waals surface area contributed by atoms with E-state index in [9.17, 15) is 4.39 Å². The van der Waals surface area contributed by atoms with Crippen LogP contribution in [0.25, 0.3) is 16.3 Å². The van der Waals surface area contributed by atoms with Crippen molar-refractivity contribution in [2.45, 2.75) is 6.54 Å². The van der Waals surface area contributed by atoms with Crippen molar-refractivity contribution in [1.29, 1.82) is 0 Å². The molecule has 0 aliphatic carbocycles. The van der Waals surface area contributed by atoms with Gasteiger partial charge in [-0.15, -0.1) is 10.2 Å². The number of rotatable bonds is 3. The zero-order chi connectivity index (χ0) is 15.1. The van der Waals surface area contributed by atoms with E-state index in [0.29, 0.717) is 17.3 Å². The Labute approximate surface area is 132 Å². The van der Waals surface area contributed by atoms with Crippen LogP contribution >= 0.6 is 22.9 Å². The highest BCUT2D eigenvalue weighted by molar-refractivity contribution is 7.16. The molecule has 0 fully saturated rings. The lowest BCUT2D eigenvalue weighted by molar-refractivity contribution is 0.629. The Kier molecular flexibility index (Phi) is 3.12. The van der Waals surface area contributed by atoms with Gasteiger partial charge in [0.2, 0.25) is 4.96 Å². The number of hydrogen-bond donors (Lipinski definition) is 0. The van der Waals surface area contributed by atoms with Gasteiger partial charge in [0.05, 0.1) is 23.5 Å². The van der Waals surface area contributed by atoms with Crippen LogP contribution in [0.3, 0.4) is 0 Å². The molecule has 110 valence electrons. The van der Waals surface area contributed by atoms with Gasteiger partial charge in [-0.05, 0) is 12.1 Å². The first-order chi connectivity index (χ1) is 10.7. The molecule has 0 radical (unpaired) electrons. The molecule has 1 aromatic carbocycles. The Balaban J connectivity index is 1.79. The lowest BCUT2D eigenvalue weighted by Gasteiger charge is -2.01. The molecular weight excluding hydrogens is 327 g/mol. The molecule has 0 unspecified atom stereocenters. The van der Waals surface area contributed by atoms with Gasteiger partial charge >= 0.3 is 0 Å². The maximum atomic E-state index is 14.2. The van der Waals surface area contributed by atoms with Crippen LogP contribution in [0.1, 0.15) is 5.01 Å². The van der Waals surface area contributed by atoms with Crippen LogP contribution in [0.2, 0.25) is 5.02 Å². The minimum atomic E-state index is -0.525. The number of benzene rings is 1. The van der Waals surface area contributed by atoms with E-state index in [4.69, 9.17) is 11.6 Å². The molecule has 22 heavy (non-hydrogen) atoms. The first-order valence-corrected chi connectivity index (χ1v) is 7.53. The van der Waals surface area contributed by atoms with E-state index in [2.05, 4.69) is 20.3 Å². The van der Waals surface area contributed by atoms with E-state index in [-0.39, 0.29) is 10.6 Å². The first kappa shape index (κ1) is 13.4. The van der Waals surface area contributed by atoms with E-state index in [0.717, 1.165) is 5.01 Å². The molecule has 0 saturated carbocycles. The van der Waals surface area contributed by atoms with Crippen molar-refractivity contribution in [3.8, 4) is 11.4 Å². The van der Waals surface area contributed by atoms with Gasteiger partial charge in [0.1, 0.15) is 5.01 Å². The summed E-state index contributed by atoms with van der Waals surface area (Å²) in [6.07, 6.45) is 5.26. The molecule has 4 aromatic rings. The van der Waals surface area contributed by atoms with Crippen LogP contribution in [0.15, 0.2) is 36.9 Å². The molecule has 6 nitrogen and oxygen atoms in total. The van der Waals surface area contributed by atoms with Crippen LogP contribution in [-0.4, -0.2) is 29.4 Å². The van der Waals surface area contributed by atoms with Crippen LogP contribution in [0.5, 0.6) is 0 Å². The van der Waals surface area contributed by atoms with Crippen molar-refractivity contribution in [2.75, 3.05) is 0 Å². The summed E-state index contributed by atoms with van der Waals surface area (Å²) in [4.78, 5) is 4.59. The Morgan fingerprint density at radius 2 is 2.18 bits per heavy atom. The Morgan fingerprint density at radius 1 is 1.27 bits per heavy atom. The van der Waals surface area contributed by atoms with Crippen LogP contribution < -0.4 is 0 Å². The molecule has 3 heterocycles. The molecule has 3 aromatic heterocycles. The zero-order valence-corrected chi connectivity index (χ0v) is 12.6. The van der Waals surface area contributed by atoms with E-state index >= 15 is 0 Å². The van der Waals surface area contributed by atoms with Gasteiger partial charge in [-0.2, -0.15) is 9.61 Å². The lowest BCUT2D eigenvalue weighted by Crippen LogP contribution is -1.99. The van der Waals surface area contributed by atoms with Gasteiger partial charge in [-0.1, -0.05) is 29.0 Å². The molecule has 0 bridgehead atoms. The van der Waals surface area contributed by atoms with Crippen molar-refractivity contribution in [3.63, 3.8) is 0 Å². The highest BCUT2D eigenvalue weighted by Crippen LogP contribution is 2.27. The summed E-state index contributed by atoms with van der Waals surface area (Å²) < 4.78 is 17.6. The fourth-order valence-corrected chi connectivity index (χ4v) is 3.12. The van der Waals surface area contributed by atoms with Gasteiger partial charge in [-0.25, -0.2) is 9.37 Å². The van der Waals surface area contributed by atoms with E-state index in [1.807, 2.05) is 10.8 Å². The maximum absolute atomic E-state index is 14.2. The average molecular weight is 335 g/mol. The van der Waals surface area contributed by atoms with Crippen molar-refractivity contribution < 1.29 is 4.39 Å². The molecule has 0 N–H and O–H groups in total. The Bertz CT molecular complexity index is 945. The second kappa shape index (κ2) is 5.15. The highest BCUT2D eigenvalue weighted by atomic mass is 35.5. The third-order valence-corrected chi connectivity index (χ3v) is 4.28. The molecule has 0 spiro atoms. The quantitative estimate of drug-likeness (QED) is 0.578. The first-order valence-electron chi connectivity index (χ1n) is 6.33. The van der Waals surface area contributed by atoms with Gasteiger partial charge < -0.3 is 4.57 Å². The summed E-state index contributed by atoms with van der Waals surface area (Å²) >= 11 is 7.22. The minimum absolute atomic E-state index is 0.0446. The summed E-state index contributed by atoms with van der Waals surface area (Å²) in [6, 6.07) is 4.76. The smallest absolute Gasteiger partial charge is 0.235 e. The lowest BCUT2D eigenvalue weighted by atomic mass is 10.2. The van der Waals surface area contributed by atoms with E-state index < -0.39 is 5.82 Å². The number of fused-ring (bicyclic) bond motifs is 1. The molecule has 0 atom stereocenters. The van der Waals surface area contributed by atoms with E-state index in [1.165, 1.54) is 21.9 Å². The number of hydrogen-bond acceptors (Lipinski definition) is 5. The number of halogens is 2. The molecule has 0 saturated heterocycles. The maximum Gasteiger partial charge on any atom is 0.235 e. The predicted molar refractivity (Wildman–Crippen MR) is 80.4 cm³/mol. The monoisotopic (exact) mass is 334 g/mol. The van der Waals surface area contributed by atoms with Crippen molar-refractivity contribution in [2.24, 2.45) is 0 Å². The standard InChI is InChI=1S/C13H8ClFN6S/c14-9-3-1-2-8(11(9)15)12-17-18-13-21(12)19-10(22-13)6-20-5-4-16-7-20/h1-5,7H,6H2. The van der Waals surface area contributed by atoms with Crippen LogP contribution in [-0.2, 0) is 6.54 Å². The van der Waals surface area contributed by atoms with Crippen LogP contribution in [0.4, 0.5) is 4.39 Å². The normalized spacial score (nSPS) is 11.4. The summed E-state index contributed by atoms with van der Waals surface area (Å²) in [7, 11) is 0. The summed E-state index contributed by atoms with van der Waals surface area (Å²) in [5.41, 5.74) is 0.277. The second-order valence-corrected chi connectivity index (χ2v) is 6.00. The Morgan fingerprint density at radius 3 is 3.00 bits per heavy atom. The van der Waals surface area contributed by atoms with Gasteiger partial charge in [0, 0.05) is 12.4 Å². The van der Waals surface area contributed by atoms with Gasteiger partial charge in [0.15, 0.2) is 11.6 Å². The van der Waals surface area contributed by atoms with Crippen LogP contribution in [0, 0.1) is 5.82 Å². The largest absolute Gasteiger partial charge is 0.331 e. The third-order valence-electron chi connectivity index (χ3n) is 3.10. The third kappa shape index (κ3) is 2.16. The topological polar surface area (TPSA) is 60.9 Å². The molecule has 0 aliphatic rings. The van der Waals surface area contributed by atoms with Crippen molar-refractivity contribution in [1.82, 2.24) is 29.4 Å². The number of nitrogens with zero attached hydrogens (tertiary/aromatic N) is 6. The fourth-order valence-electron chi connectivity index (χ4n) is 2.10. The van der Waals surface area contributed by atoms with Gasteiger partial charge in [0.25, 0.3) is 0 Å². The fraction of sp³-hybridized carbons (Fsp3) is 0.0769. The summed E-state index contributed by atoms with van der Waals surface area (Å²) in [5.74, 6) is -0.189. The molecule has 0 amide bonds. The molecular formula is C13H8ClFN6S. The molecule has 4 rings (SSSR count). The average Bonchev–Trinajstić information content (AvgIpc) is 3.20. The van der Waals surface area contributed by atoms with Crippen molar-refractivity contribution >= 4 is 27.9 Å². The zero-order valence-electron chi connectivity index (χ0n) is 11.0. The highest BCUT2D eigenvalue weighted by Gasteiger charge is 2.17. The Hall–Kier alpha value is -2.32. The minimum Gasteiger partial charge on any atom is -0.331 e. The SMILES string of the molecule is Fc1c(Cl)cccc1-c1nnc2sc(Cn3ccnc3)nn12. The van der Waals surface area contributed by atoms with E-state index in [1.54, 1.807) is 24.7 Å². The van der Waals surface area contributed by atoms with Crippen molar-refractivity contribution in [3.05, 3.63) is 52.8 Å². The summed E-state index contributed by atoms with van der Waals surface area (Å²) in [6.45, 7) is 0.575.